The molecule has 0 spiro atoms. The largest absolute Gasteiger partial charge is 0.338 e. The van der Waals surface area contributed by atoms with Crippen molar-refractivity contribution in [1.29, 1.82) is 0 Å². The first-order valence-corrected chi connectivity index (χ1v) is 6.13. The molecular weight excluding hydrogens is 289 g/mol. The van der Waals surface area contributed by atoms with Crippen molar-refractivity contribution in [2.45, 2.75) is 12.8 Å². The van der Waals surface area contributed by atoms with Crippen LogP contribution in [0, 0.1) is 5.82 Å². The first-order valence-electron chi connectivity index (χ1n) is 5.34. The first kappa shape index (κ1) is 12.2. The highest BCUT2D eigenvalue weighted by molar-refractivity contribution is 9.10. The number of benzene rings is 1. The molecule has 0 unspecified atom stereocenters. The van der Waals surface area contributed by atoms with Crippen molar-refractivity contribution in [3.05, 3.63) is 34.1 Å². The van der Waals surface area contributed by atoms with Gasteiger partial charge in [-0.3, -0.25) is 9.59 Å². The molecule has 1 fully saturated rings. The molecule has 1 aliphatic heterocycles. The van der Waals surface area contributed by atoms with Gasteiger partial charge in [0.1, 0.15) is 11.6 Å². The Morgan fingerprint density at radius 1 is 1.29 bits per heavy atom. The quantitative estimate of drug-likeness (QED) is 0.798. The van der Waals surface area contributed by atoms with Crippen LogP contribution in [0.15, 0.2) is 22.7 Å². The zero-order chi connectivity index (χ0) is 12.4. The Labute approximate surface area is 107 Å². The molecule has 17 heavy (non-hydrogen) atoms. The van der Waals surface area contributed by atoms with Gasteiger partial charge in [-0.15, -0.1) is 0 Å². The fourth-order valence-corrected chi connectivity index (χ4v) is 2.31. The third-order valence-electron chi connectivity index (χ3n) is 2.77. The van der Waals surface area contributed by atoms with Gasteiger partial charge in [-0.2, -0.15) is 0 Å². The van der Waals surface area contributed by atoms with Crippen LogP contribution in [-0.4, -0.2) is 29.7 Å². The Balaban J connectivity index is 2.16. The van der Waals surface area contributed by atoms with E-state index >= 15 is 0 Å². The standard InChI is InChI=1S/C12H11BrFNO2/c13-11-7-8(14)1-2-10(11)12(17)15-5-3-9(16)4-6-15/h1-2,7H,3-6H2. The van der Waals surface area contributed by atoms with Crippen LogP contribution >= 0.6 is 15.9 Å². The summed E-state index contributed by atoms with van der Waals surface area (Å²) >= 11 is 3.17. The first-order chi connectivity index (χ1) is 8.08. The van der Waals surface area contributed by atoms with Crippen molar-refractivity contribution < 1.29 is 14.0 Å². The zero-order valence-electron chi connectivity index (χ0n) is 9.08. The van der Waals surface area contributed by atoms with E-state index in [2.05, 4.69) is 15.9 Å². The molecule has 0 radical (unpaired) electrons. The van der Waals surface area contributed by atoms with E-state index in [9.17, 15) is 14.0 Å². The summed E-state index contributed by atoms with van der Waals surface area (Å²) in [5, 5.41) is 0. The fourth-order valence-electron chi connectivity index (χ4n) is 1.79. The topological polar surface area (TPSA) is 37.4 Å². The number of nitrogens with zero attached hydrogens (tertiary/aromatic N) is 1. The van der Waals surface area contributed by atoms with Gasteiger partial charge in [0.05, 0.1) is 5.56 Å². The van der Waals surface area contributed by atoms with Crippen molar-refractivity contribution in [1.82, 2.24) is 4.90 Å². The maximum Gasteiger partial charge on any atom is 0.255 e. The van der Waals surface area contributed by atoms with Gasteiger partial charge in [-0.05, 0) is 34.1 Å². The number of carbonyl (C=O) groups excluding carboxylic acids is 2. The Kier molecular flexibility index (Phi) is 3.57. The van der Waals surface area contributed by atoms with E-state index in [-0.39, 0.29) is 17.5 Å². The Hall–Kier alpha value is -1.23. The average molecular weight is 300 g/mol. The Morgan fingerprint density at radius 3 is 2.53 bits per heavy atom. The molecule has 1 aliphatic rings. The second-order valence-electron chi connectivity index (χ2n) is 3.96. The summed E-state index contributed by atoms with van der Waals surface area (Å²) < 4.78 is 13.3. The highest BCUT2D eigenvalue weighted by Crippen LogP contribution is 2.21. The lowest BCUT2D eigenvalue weighted by molar-refractivity contribution is -0.120. The summed E-state index contributed by atoms with van der Waals surface area (Å²) in [4.78, 5) is 24.8. The average Bonchev–Trinajstić information content (AvgIpc) is 2.29. The number of likely N-dealkylation sites (tertiary alicyclic amines) is 1. The van der Waals surface area contributed by atoms with Crippen LogP contribution in [0.1, 0.15) is 23.2 Å². The summed E-state index contributed by atoms with van der Waals surface area (Å²) in [5.41, 5.74) is 0.431. The van der Waals surface area contributed by atoms with E-state index in [1.165, 1.54) is 18.2 Å². The summed E-state index contributed by atoms with van der Waals surface area (Å²) in [6.45, 7) is 0.892. The minimum Gasteiger partial charge on any atom is -0.338 e. The Morgan fingerprint density at radius 2 is 1.94 bits per heavy atom. The number of rotatable bonds is 1. The number of hydrogen-bond donors (Lipinski definition) is 0. The van der Waals surface area contributed by atoms with E-state index in [1.807, 2.05) is 0 Å². The second kappa shape index (κ2) is 4.96. The van der Waals surface area contributed by atoms with Crippen LogP contribution in [0.4, 0.5) is 4.39 Å². The summed E-state index contributed by atoms with van der Waals surface area (Å²) in [6.07, 6.45) is 0.815. The van der Waals surface area contributed by atoms with Crippen molar-refractivity contribution >= 4 is 27.6 Å². The molecule has 3 nitrogen and oxygen atoms in total. The minimum atomic E-state index is -0.387. The molecule has 1 heterocycles. The molecule has 0 atom stereocenters. The normalized spacial score (nSPS) is 16.1. The van der Waals surface area contributed by atoms with Crippen molar-refractivity contribution in [3.63, 3.8) is 0 Å². The van der Waals surface area contributed by atoms with Crippen LogP contribution in [-0.2, 0) is 4.79 Å². The van der Waals surface area contributed by atoms with Gasteiger partial charge in [0.25, 0.3) is 5.91 Å². The van der Waals surface area contributed by atoms with Gasteiger partial charge in [0, 0.05) is 30.4 Å². The summed E-state index contributed by atoms with van der Waals surface area (Å²) in [7, 11) is 0. The fraction of sp³-hybridized carbons (Fsp3) is 0.333. The monoisotopic (exact) mass is 299 g/mol. The minimum absolute atomic E-state index is 0.163. The molecule has 90 valence electrons. The van der Waals surface area contributed by atoms with Crippen LogP contribution in [0.3, 0.4) is 0 Å². The molecule has 0 saturated carbocycles. The van der Waals surface area contributed by atoms with Crippen LogP contribution < -0.4 is 0 Å². The van der Waals surface area contributed by atoms with Crippen molar-refractivity contribution in [2.24, 2.45) is 0 Å². The van der Waals surface area contributed by atoms with E-state index in [4.69, 9.17) is 0 Å². The molecule has 1 saturated heterocycles. The van der Waals surface area contributed by atoms with Gasteiger partial charge in [0.2, 0.25) is 0 Å². The van der Waals surface area contributed by atoms with Gasteiger partial charge in [-0.1, -0.05) is 0 Å². The molecule has 5 heteroatoms. The summed E-state index contributed by atoms with van der Waals surface area (Å²) in [6, 6.07) is 3.98. The van der Waals surface area contributed by atoms with Gasteiger partial charge < -0.3 is 4.90 Å². The number of halogens is 2. The van der Waals surface area contributed by atoms with Crippen molar-refractivity contribution in [2.75, 3.05) is 13.1 Å². The third kappa shape index (κ3) is 2.72. The predicted molar refractivity (Wildman–Crippen MR) is 64.2 cm³/mol. The highest BCUT2D eigenvalue weighted by Gasteiger charge is 2.23. The third-order valence-corrected chi connectivity index (χ3v) is 3.43. The predicted octanol–water partition coefficient (Wildman–Crippen LogP) is 2.39. The number of hydrogen-bond acceptors (Lipinski definition) is 2. The van der Waals surface area contributed by atoms with E-state index in [0.717, 1.165) is 0 Å². The maximum absolute atomic E-state index is 12.9. The lowest BCUT2D eigenvalue weighted by Gasteiger charge is -2.26. The molecule has 0 aromatic heterocycles. The second-order valence-corrected chi connectivity index (χ2v) is 4.81. The maximum atomic E-state index is 12.9. The van der Waals surface area contributed by atoms with E-state index in [0.29, 0.717) is 36.0 Å². The van der Waals surface area contributed by atoms with E-state index in [1.54, 1.807) is 4.90 Å². The highest BCUT2D eigenvalue weighted by atomic mass is 79.9. The Bertz CT molecular complexity index is 466. The zero-order valence-corrected chi connectivity index (χ0v) is 10.7. The molecular formula is C12H11BrFNO2. The number of ketones is 1. The smallest absolute Gasteiger partial charge is 0.255 e. The van der Waals surface area contributed by atoms with Crippen molar-refractivity contribution in [3.8, 4) is 0 Å². The van der Waals surface area contributed by atoms with Gasteiger partial charge >= 0.3 is 0 Å². The molecule has 0 N–H and O–H groups in total. The lowest BCUT2D eigenvalue weighted by atomic mass is 10.1. The molecule has 0 aliphatic carbocycles. The SMILES string of the molecule is O=C1CCN(C(=O)c2ccc(F)cc2Br)CC1. The molecule has 2 rings (SSSR count). The molecule has 0 bridgehead atoms. The van der Waals surface area contributed by atoms with E-state index < -0.39 is 0 Å². The molecule has 1 amide bonds. The number of amides is 1. The van der Waals surface area contributed by atoms with Crippen LogP contribution in [0.25, 0.3) is 0 Å². The van der Waals surface area contributed by atoms with Gasteiger partial charge in [-0.25, -0.2) is 4.39 Å². The van der Waals surface area contributed by atoms with Gasteiger partial charge in [0.15, 0.2) is 0 Å². The number of piperidine rings is 1. The summed E-state index contributed by atoms with van der Waals surface area (Å²) in [5.74, 6) is -0.362. The number of carbonyl (C=O) groups is 2. The number of Topliss-reactive ketones (excluding diaryl/α,β-unsaturated/α-hetero) is 1. The lowest BCUT2D eigenvalue weighted by Crippen LogP contribution is -2.38. The van der Waals surface area contributed by atoms with Crippen LogP contribution in [0.5, 0.6) is 0 Å². The van der Waals surface area contributed by atoms with Crippen LogP contribution in [0.2, 0.25) is 0 Å². The molecule has 1 aromatic carbocycles. The molecule has 1 aromatic rings.